The lowest BCUT2D eigenvalue weighted by Crippen LogP contribution is -1.93. The van der Waals surface area contributed by atoms with Crippen LogP contribution in [0.5, 0.6) is 0 Å². The molecule has 0 unspecified atom stereocenters. The predicted molar refractivity (Wildman–Crippen MR) is 519 cm³/mol. The summed E-state index contributed by atoms with van der Waals surface area (Å²) in [7, 11) is 0. The zero-order valence-electron chi connectivity index (χ0n) is 66.4. The van der Waals surface area contributed by atoms with Crippen molar-refractivity contribution < 1.29 is 4.42 Å². The van der Waals surface area contributed by atoms with Crippen LogP contribution >= 0.6 is 0 Å². The smallest absolute Gasteiger partial charge is 0.136 e. The fraction of sp³-hybridized carbons (Fsp3) is 0. The van der Waals surface area contributed by atoms with Gasteiger partial charge in [-0.15, -0.1) is 0 Å². The first-order valence-corrected chi connectivity index (χ1v) is 41.8. The minimum absolute atomic E-state index is 0.914. The monoisotopic (exact) mass is 1530 g/mol. The molecular weight excluding hydrogens is 1460 g/mol. The topological polar surface area (TPSA) is 13.1 Å². The van der Waals surface area contributed by atoms with Gasteiger partial charge in [-0.3, -0.25) is 0 Å². The van der Waals surface area contributed by atoms with E-state index in [1.165, 1.54) is 208 Å². The molecular formula is C120H78O. The standard InChI is InChI=1S/C42H26O.C42H28.C36H24/c1-2-13-28-26-29(25-24-27(28)12-1)30-14-3-4-15-31(30)40-32-16-5-7-18-34(32)41(35-19-8-6-17-33(35)40)37-21-11-23-39-42(37)36-20-9-10-22-38(36)43-39;1-4-14-29(15-5-1)33-26-27-34(36-21-11-10-20-35(33)36)32-24-25-39-40(28-32)42(31-18-8-3-9-19-31)38-23-13-12-22-37(38)41(39)30-16-6-2-7-17-30;1-3-13-26(14-4-1)35-31-19-9-10-20-32(31)36(27-15-5-2-6-16-27)34-24-28(22-23-33(34)35)30-21-11-17-25-12-7-8-18-29(25)30/h1-26H;1-28H;1-24H. The van der Waals surface area contributed by atoms with Crippen molar-refractivity contribution in [2.75, 3.05) is 0 Å². The van der Waals surface area contributed by atoms with Crippen LogP contribution < -0.4 is 0 Å². The predicted octanol–water partition coefficient (Wildman–Crippen LogP) is 34.0. The van der Waals surface area contributed by atoms with E-state index in [9.17, 15) is 0 Å². The van der Waals surface area contributed by atoms with Crippen LogP contribution in [0.3, 0.4) is 0 Å². The Hall–Kier alpha value is -15.8. The number of furan rings is 1. The number of hydrogen-bond donors (Lipinski definition) is 0. The molecule has 0 saturated heterocycles. The van der Waals surface area contributed by atoms with Crippen molar-refractivity contribution in [3.63, 3.8) is 0 Å². The molecule has 24 aromatic rings. The lowest BCUT2D eigenvalue weighted by atomic mass is 9.83. The maximum absolute atomic E-state index is 6.33. The Kier molecular flexibility index (Phi) is 18.4. The van der Waals surface area contributed by atoms with Gasteiger partial charge in [-0.25, -0.2) is 0 Å². The Morgan fingerprint density at radius 2 is 0.405 bits per heavy atom. The lowest BCUT2D eigenvalue weighted by Gasteiger charge is -2.20. The molecule has 0 bridgehead atoms. The molecule has 0 amide bonds. The molecule has 1 aromatic heterocycles. The highest BCUT2D eigenvalue weighted by atomic mass is 16.3. The fourth-order valence-electron chi connectivity index (χ4n) is 19.3. The zero-order chi connectivity index (χ0) is 80.1. The van der Waals surface area contributed by atoms with Crippen LogP contribution in [0.15, 0.2) is 478 Å². The van der Waals surface area contributed by atoms with E-state index in [1.807, 2.05) is 6.07 Å². The van der Waals surface area contributed by atoms with E-state index >= 15 is 0 Å². The molecule has 0 aliphatic carbocycles. The molecule has 564 valence electrons. The maximum atomic E-state index is 6.33. The molecule has 0 spiro atoms. The van der Waals surface area contributed by atoms with Crippen molar-refractivity contribution in [2.45, 2.75) is 0 Å². The van der Waals surface area contributed by atoms with Gasteiger partial charge in [0.25, 0.3) is 0 Å². The Morgan fingerprint density at radius 1 is 0.116 bits per heavy atom. The Morgan fingerprint density at radius 3 is 0.893 bits per heavy atom. The van der Waals surface area contributed by atoms with Gasteiger partial charge in [-0.05, 0) is 239 Å². The SMILES string of the molecule is c1ccc(-c2c3ccccc3c(-c3cccc4oc5ccccc5c34)c3ccccc23)c(-c2ccc3ccccc3c2)c1.c1ccc(-c2c3ccccc3c(-c3ccccc3)c3cc(-c4cccc5ccccc45)ccc23)cc1.c1ccc(-c2ccc(-c3ccc4c(-c5ccccc5)c5ccccc5c(-c5ccccc5)c4c3)c3ccccc23)cc1. The molecule has 0 aliphatic rings. The molecule has 0 radical (unpaired) electrons. The molecule has 0 aliphatic heterocycles. The minimum atomic E-state index is 0.914. The van der Waals surface area contributed by atoms with Gasteiger partial charge in [0.1, 0.15) is 11.2 Å². The van der Waals surface area contributed by atoms with E-state index in [-0.39, 0.29) is 0 Å². The Balaban J connectivity index is 0.000000109. The average molecular weight is 1540 g/mol. The van der Waals surface area contributed by atoms with Gasteiger partial charge in [0.2, 0.25) is 0 Å². The molecule has 24 rings (SSSR count). The van der Waals surface area contributed by atoms with Gasteiger partial charge in [0, 0.05) is 10.8 Å². The van der Waals surface area contributed by atoms with Gasteiger partial charge in [-0.2, -0.15) is 0 Å². The molecule has 0 atom stereocenters. The minimum Gasteiger partial charge on any atom is -0.456 e. The first kappa shape index (κ1) is 71.7. The Labute approximate surface area is 702 Å². The summed E-state index contributed by atoms with van der Waals surface area (Å²) in [6.45, 7) is 0. The van der Waals surface area contributed by atoms with E-state index in [0.717, 1.165) is 21.9 Å². The first-order valence-electron chi connectivity index (χ1n) is 41.8. The van der Waals surface area contributed by atoms with E-state index in [4.69, 9.17) is 4.42 Å². The number of fused-ring (bicyclic) bond motifs is 12. The number of para-hydroxylation sites is 1. The van der Waals surface area contributed by atoms with E-state index in [0.29, 0.717) is 0 Å². The summed E-state index contributed by atoms with van der Waals surface area (Å²) in [5.74, 6) is 0. The van der Waals surface area contributed by atoms with Crippen LogP contribution in [0.2, 0.25) is 0 Å². The second kappa shape index (κ2) is 31.0. The summed E-state index contributed by atoms with van der Waals surface area (Å²) < 4.78 is 6.33. The number of rotatable bonds is 10. The third-order valence-corrected chi connectivity index (χ3v) is 24.6. The second-order valence-corrected chi connectivity index (χ2v) is 31.4. The van der Waals surface area contributed by atoms with Crippen molar-refractivity contribution >= 4 is 119 Å². The first-order chi connectivity index (χ1) is 60.1. The molecule has 1 nitrogen and oxygen atoms in total. The van der Waals surface area contributed by atoms with Crippen molar-refractivity contribution in [3.8, 4) is 111 Å². The van der Waals surface area contributed by atoms with Crippen molar-refractivity contribution in [2.24, 2.45) is 0 Å². The summed E-state index contributed by atoms with van der Waals surface area (Å²) in [4.78, 5) is 0. The van der Waals surface area contributed by atoms with Gasteiger partial charge in [-0.1, -0.05) is 443 Å². The molecule has 23 aromatic carbocycles. The van der Waals surface area contributed by atoms with Crippen molar-refractivity contribution in [1.29, 1.82) is 0 Å². The second-order valence-electron chi connectivity index (χ2n) is 31.4. The van der Waals surface area contributed by atoms with Crippen LogP contribution in [0.4, 0.5) is 0 Å². The molecule has 1 heterocycles. The molecule has 1 heteroatoms. The fourth-order valence-corrected chi connectivity index (χ4v) is 19.3. The van der Waals surface area contributed by atoms with E-state index in [1.54, 1.807) is 0 Å². The van der Waals surface area contributed by atoms with Crippen LogP contribution in [0.25, 0.3) is 230 Å². The van der Waals surface area contributed by atoms with E-state index in [2.05, 4.69) is 467 Å². The third kappa shape index (κ3) is 12.8. The summed E-state index contributed by atoms with van der Waals surface area (Å²) in [5.41, 5.74) is 26.9. The normalized spacial score (nSPS) is 11.5. The van der Waals surface area contributed by atoms with Crippen LogP contribution in [-0.4, -0.2) is 0 Å². The quantitative estimate of drug-likeness (QED) is 0.124. The summed E-state index contributed by atoms with van der Waals surface area (Å²) >= 11 is 0. The van der Waals surface area contributed by atoms with Crippen molar-refractivity contribution in [1.82, 2.24) is 0 Å². The highest BCUT2D eigenvalue weighted by Gasteiger charge is 2.25. The van der Waals surface area contributed by atoms with Gasteiger partial charge in [0.05, 0.1) is 0 Å². The van der Waals surface area contributed by atoms with Crippen LogP contribution in [0.1, 0.15) is 0 Å². The van der Waals surface area contributed by atoms with E-state index < -0.39 is 0 Å². The van der Waals surface area contributed by atoms with Gasteiger partial charge >= 0.3 is 0 Å². The molecule has 121 heavy (non-hydrogen) atoms. The zero-order valence-corrected chi connectivity index (χ0v) is 66.4. The van der Waals surface area contributed by atoms with Gasteiger partial charge in [0.15, 0.2) is 0 Å². The molecule has 0 saturated carbocycles. The maximum Gasteiger partial charge on any atom is 0.136 e. The summed E-state index contributed by atoms with van der Waals surface area (Å²) in [5, 5.41) is 25.1. The molecule has 0 fully saturated rings. The average Bonchev–Trinajstić information content (AvgIpc) is 0.905. The highest BCUT2D eigenvalue weighted by Crippen LogP contribution is 2.52. The number of benzene rings is 23. The highest BCUT2D eigenvalue weighted by molar-refractivity contribution is 6.28. The van der Waals surface area contributed by atoms with Crippen LogP contribution in [0, 0.1) is 0 Å². The van der Waals surface area contributed by atoms with Crippen LogP contribution in [-0.2, 0) is 0 Å². The summed E-state index contributed by atoms with van der Waals surface area (Å²) in [6, 6.07) is 171. The number of hydrogen-bond acceptors (Lipinski definition) is 1. The van der Waals surface area contributed by atoms with Crippen molar-refractivity contribution in [3.05, 3.63) is 473 Å². The molecule has 0 N–H and O–H groups in total. The largest absolute Gasteiger partial charge is 0.456 e. The van der Waals surface area contributed by atoms with Gasteiger partial charge < -0.3 is 4.42 Å². The Bertz CT molecular complexity index is 8040. The lowest BCUT2D eigenvalue weighted by molar-refractivity contribution is 0.669. The summed E-state index contributed by atoms with van der Waals surface area (Å²) in [6.07, 6.45) is 0. The third-order valence-electron chi connectivity index (χ3n) is 24.6.